The number of hydrogen-bond acceptors (Lipinski definition) is 4. The van der Waals surface area contributed by atoms with E-state index >= 15 is 0 Å². The van der Waals surface area contributed by atoms with Crippen molar-refractivity contribution in [2.24, 2.45) is 11.1 Å². The van der Waals surface area contributed by atoms with E-state index in [-0.39, 0.29) is 18.3 Å². The van der Waals surface area contributed by atoms with Crippen LogP contribution in [0.2, 0.25) is 0 Å². The molecule has 0 atom stereocenters. The first-order valence-electron chi connectivity index (χ1n) is 7.75. The smallest absolute Gasteiger partial charge is 0.260 e. The molecule has 2 aromatic rings. The van der Waals surface area contributed by atoms with Crippen molar-refractivity contribution in [1.29, 1.82) is 0 Å². The van der Waals surface area contributed by atoms with Crippen molar-refractivity contribution in [2.75, 3.05) is 13.2 Å². The third-order valence-electron chi connectivity index (χ3n) is 3.20. The van der Waals surface area contributed by atoms with Crippen LogP contribution in [-0.4, -0.2) is 24.8 Å². The summed E-state index contributed by atoms with van der Waals surface area (Å²) in [4.78, 5) is 18.6. The van der Waals surface area contributed by atoms with Gasteiger partial charge in [-0.2, -0.15) is 0 Å². The van der Waals surface area contributed by atoms with Gasteiger partial charge < -0.3 is 10.2 Å². The van der Waals surface area contributed by atoms with Crippen LogP contribution in [-0.2, 0) is 9.63 Å². The number of benzene rings is 1. The van der Waals surface area contributed by atoms with E-state index in [9.17, 15) is 9.18 Å². The molecule has 0 saturated heterocycles. The van der Waals surface area contributed by atoms with E-state index in [2.05, 4.69) is 10.5 Å². The lowest BCUT2D eigenvalue weighted by Crippen LogP contribution is -2.30. The third kappa shape index (κ3) is 5.45. The van der Waals surface area contributed by atoms with Gasteiger partial charge in [0.05, 0.1) is 10.6 Å². The van der Waals surface area contributed by atoms with Crippen LogP contribution in [0.3, 0.4) is 0 Å². The summed E-state index contributed by atoms with van der Waals surface area (Å²) in [7, 11) is 0. The highest BCUT2D eigenvalue weighted by Crippen LogP contribution is 2.28. The number of halogens is 1. The maximum absolute atomic E-state index is 13.0. The molecule has 2 rings (SSSR count). The van der Waals surface area contributed by atoms with Gasteiger partial charge in [0.2, 0.25) is 0 Å². The molecule has 0 aliphatic carbocycles. The topological polar surface area (TPSA) is 50.7 Å². The predicted octanol–water partition coefficient (Wildman–Crippen LogP) is 4.07. The number of hydrogen-bond donors (Lipinski definition) is 1. The Morgan fingerprint density at radius 2 is 1.96 bits per heavy atom. The second kappa shape index (κ2) is 8.59. The average Bonchev–Trinajstić information content (AvgIpc) is 3.03. The second-order valence-corrected chi connectivity index (χ2v) is 6.90. The van der Waals surface area contributed by atoms with Crippen molar-refractivity contribution in [3.8, 4) is 10.4 Å². The van der Waals surface area contributed by atoms with Crippen molar-refractivity contribution in [1.82, 2.24) is 5.32 Å². The highest BCUT2D eigenvalue weighted by Gasteiger charge is 2.07. The average molecular weight is 348 g/mol. The van der Waals surface area contributed by atoms with Crippen LogP contribution in [0.25, 0.3) is 10.4 Å². The molecule has 0 spiro atoms. The van der Waals surface area contributed by atoms with Gasteiger partial charge in [0, 0.05) is 11.4 Å². The van der Waals surface area contributed by atoms with Gasteiger partial charge in [0.15, 0.2) is 6.61 Å². The van der Waals surface area contributed by atoms with Gasteiger partial charge in [-0.05, 0) is 42.7 Å². The number of oxime groups is 1. The zero-order valence-corrected chi connectivity index (χ0v) is 14.8. The summed E-state index contributed by atoms with van der Waals surface area (Å²) >= 11 is 1.54. The normalized spacial score (nSPS) is 11.6. The minimum Gasteiger partial charge on any atom is -0.385 e. The molecule has 1 aromatic heterocycles. The van der Waals surface area contributed by atoms with Crippen LogP contribution in [0.4, 0.5) is 4.39 Å². The highest BCUT2D eigenvalue weighted by molar-refractivity contribution is 7.17. The first-order valence-corrected chi connectivity index (χ1v) is 8.56. The first kappa shape index (κ1) is 18.1. The molecule has 4 nitrogen and oxygen atoms in total. The standard InChI is InChI=1S/C18H21FN2O2S/c1-12(2)10-20-18(22)11-23-21-13(3)16-8-9-17(24-16)14-4-6-15(19)7-5-14/h4-9,12H,10-11H2,1-3H3,(H,20,22)/b21-13-. The lowest BCUT2D eigenvalue weighted by atomic mass is 10.2. The minimum absolute atomic E-state index is 0.0970. The Hall–Kier alpha value is -2.21. The van der Waals surface area contributed by atoms with Crippen LogP contribution in [0.1, 0.15) is 25.6 Å². The van der Waals surface area contributed by atoms with Crippen molar-refractivity contribution in [2.45, 2.75) is 20.8 Å². The van der Waals surface area contributed by atoms with Crippen molar-refractivity contribution < 1.29 is 14.0 Å². The van der Waals surface area contributed by atoms with E-state index in [0.717, 1.165) is 15.3 Å². The van der Waals surface area contributed by atoms with E-state index in [1.807, 2.05) is 32.9 Å². The van der Waals surface area contributed by atoms with Crippen LogP contribution >= 0.6 is 11.3 Å². The van der Waals surface area contributed by atoms with Gasteiger partial charge in [-0.25, -0.2) is 4.39 Å². The van der Waals surface area contributed by atoms with Crippen molar-refractivity contribution in [3.05, 3.63) is 47.1 Å². The number of amides is 1. The molecule has 1 aromatic carbocycles. The second-order valence-electron chi connectivity index (χ2n) is 5.82. The molecule has 0 bridgehead atoms. The van der Waals surface area contributed by atoms with Gasteiger partial charge in [0.25, 0.3) is 5.91 Å². The Kier molecular flexibility index (Phi) is 6.49. The van der Waals surface area contributed by atoms with Crippen molar-refractivity contribution >= 4 is 23.0 Å². The number of thiophene rings is 1. The monoisotopic (exact) mass is 348 g/mol. The Morgan fingerprint density at radius 1 is 1.25 bits per heavy atom. The van der Waals surface area contributed by atoms with Crippen LogP contribution in [0, 0.1) is 11.7 Å². The van der Waals surface area contributed by atoms with E-state index in [1.165, 1.54) is 23.5 Å². The number of nitrogens with zero attached hydrogens (tertiary/aromatic N) is 1. The molecule has 0 saturated carbocycles. The molecule has 0 aliphatic rings. The molecular weight excluding hydrogens is 327 g/mol. The summed E-state index contributed by atoms with van der Waals surface area (Å²) in [5, 5.41) is 6.75. The van der Waals surface area contributed by atoms with Gasteiger partial charge in [-0.15, -0.1) is 11.3 Å². The molecule has 1 N–H and O–H groups in total. The number of nitrogens with one attached hydrogen (secondary N) is 1. The van der Waals surface area contributed by atoms with Gasteiger partial charge in [-0.1, -0.05) is 31.1 Å². The van der Waals surface area contributed by atoms with Gasteiger partial charge in [-0.3, -0.25) is 4.79 Å². The summed E-state index contributed by atoms with van der Waals surface area (Å²) in [6.07, 6.45) is 0. The van der Waals surface area contributed by atoms with Crippen LogP contribution < -0.4 is 5.32 Å². The molecule has 0 unspecified atom stereocenters. The number of carbonyl (C=O) groups is 1. The Morgan fingerprint density at radius 3 is 2.62 bits per heavy atom. The van der Waals surface area contributed by atoms with E-state index in [0.29, 0.717) is 18.2 Å². The maximum Gasteiger partial charge on any atom is 0.260 e. The van der Waals surface area contributed by atoms with E-state index in [4.69, 9.17) is 4.84 Å². The Balaban J connectivity index is 1.91. The molecular formula is C18H21FN2O2S. The predicted molar refractivity (Wildman–Crippen MR) is 95.7 cm³/mol. The van der Waals surface area contributed by atoms with Crippen LogP contribution in [0.5, 0.6) is 0 Å². The third-order valence-corrected chi connectivity index (χ3v) is 4.44. The lowest BCUT2D eigenvalue weighted by molar-refractivity contribution is -0.125. The molecule has 0 fully saturated rings. The number of carbonyl (C=O) groups excluding carboxylic acids is 1. The first-order chi connectivity index (χ1) is 11.5. The van der Waals surface area contributed by atoms with E-state index in [1.54, 1.807) is 12.1 Å². The largest absolute Gasteiger partial charge is 0.385 e. The quantitative estimate of drug-likeness (QED) is 0.606. The van der Waals surface area contributed by atoms with Gasteiger partial charge >= 0.3 is 0 Å². The van der Waals surface area contributed by atoms with Gasteiger partial charge in [0.1, 0.15) is 5.82 Å². The fourth-order valence-corrected chi connectivity index (χ4v) is 2.85. The van der Waals surface area contributed by atoms with E-state index < -0.39 is 0 Å². The Labute approximate surface area is 145 Å². The highest BCUT2D eigenvalue weighted by atomic mass is 32.1. The number of rotatable bonds is 7. The summed E-state index contributed by atoms with van der Waals surface area (Å²) < 4.78 is 13.0. The molecule has 1 amide bonds. The molecule has 6 heteroatoms. The maximum atomic E-state index is 13.0. The zero-order chi connectivity index (χ0) is 17.5. The SMILES string of the molecule is C/C(=N/OCC(=O)NCC(C)C)c1ccc(-c2ccc(F)cc2)s1. The molecule has 24 heavy (non-hydrogen) atoms. The molecule has 0 aliphatic heterocycles. The molecule has 128 valence electrons. The fraction of sp³-hybridized carbons (Fsp3) is 0.333. The fourth-order valence-electron chi connectivity index (χ4n) is 1.90. The molecule has 0 radical (unpaired) electrons. The summed E-state index contributed by atoms with van der Waals surface area (Å²) in [5.74, 6) is -0.0361. The summed E-state index contributed by atoms with van der Waals surface area (Å²) in [5.41, 5.74) is 1.65. The minimum atomic E-state index is -0.252. The summed E-state index contributed by atoms with van der Waals surface area (Å²) in [6, 6.07) is 10.3. The lowest BCUT2D eigenvalue weighted by Gasteiger charge is -2.06. The van der Waals surface area contributed by atoms with Crippen LogP contribution in [0.15, 0.2) is 41.6 Å². The van der Waals surface area contributed by atoms with Crippen molar-refractivity contribution in [3.63, 3.8) is 0 Å². The Bertz CT molecular complexity index is 708. The molecule has 1 heterocycles. The zero-order valence-electron chi connectivity index (χ0n) is 14.0. The summed E-state index contributed by atoms with van der Waals surface area (Å²) in [6.45, 7) is 6.40.